The summed E-state index contributed by atoms with van der Waals surface area (Å²) < 4.78 is 24.0. The molecule has 2 amide bonds. The lowest BCUT2D eigenvalue weighted by Gasteiger charge is -2.44. The summed E-state index contributed by atoms with van der Waals surface area (Å²) in [5.41, 5.74) is 2.37. The minimum Gasteiger partial charge on any atom is -0.453 e. The van der Waals surface area contributed by atoms with Crippen molar-refractivity contribution in [2.75, 3.05) is 6.54 Å². The molecule has 48 heavy (non-hydrogen) atoms. The van der Waals surface area contributed by atoms with E-state index in [9.17, 15) is 14.4 Å². The van der Waals surface area contributed by atoms with E-state index < -0.39 is 48.2 Å². The Labute approximate surface area is 281 Å². The van der Waals surface area contributed by atoms with Gasteiger partial charge in [-0.3, -0.25) is 9.80 Å². The maximum atomic E-state index is 14.1. The molecule has 6 rings (SSSR count). The third-order valence-corrected chi connectivity index (χ3v) is 8.80. The van der Waals surface area contributed by atoms with Gasteiger partial charge in [0.2, 0.25) is 0 Å². The summed E-state index contributed by atoms with van der Waals surface area (Å²) in [6, 6.07) is 36.3. The average Bonchev–Trinajstić information content (AvgIpc) is 3.43. The van der Waals surface area contributed by atoms with Crippen molar-refractivity contribution < 1.29 is 33.3 Å². The molecule has 0 unspecified atom stereocenters. The monoisotopic (exact) mass is 648 g/mol. The van der Waals surface area contributed by atoms with Crippen molar-refractivity contribution in [1.29, 1.82) is 0 Å². The highest BCUT2D eigenvalue weighted by molar-refractivity contribution is 5.83. The molecule has 0 aliphatic carbocycles. The first kappa shape index (κ1) is 32.8. The number of benzene rings is 4. The van der Waals surface area contributed by atoms with Gasteiger partial charge in [0.25, 0.3) is 0 Å². The number of nitrogens with zero attached hydrogens (tertiary/aromatic N) is 2. The van der Waals surface area contributed by atoms with Crippen LogP contribution in [0.2, 0.25) is 0 Å². The van der Waals surface area contributed by atoms with Gasteiger partial charge in [0.15, 0.2) is 6.10 Å². The summed E-state index contributed by atoms with van der Waals surface area (Å²) in [5.74, 6) is -0.524. The number of esters is 1. The molecule has 0 bridgehead atoms. The number of ether oxygens (including phenoxy) is 4. The first-order valence-corrected chi connectivity index (χ1v) is 16.3. The fourth-order valence-electron chi connectivity index (χ4n) is 6.41. The van der Waals surface area contributed by atoms with Gasteiger partial charge in [-0.05, 0) is 48.9 Å². The Morgan fingerprint density at radius 2 is 1.21 bits per heavy atom. The molecule has 2 heterocycles. The summed E-state index contributed by atoms with van der Waals surface area (Å²) >= 11 is 0. The molecule has 0 saturated carbocycles. The smallest absolute Gasteiger partial charge is 0.412 e. The van der Waals surface area contributed by atoms with E-state index in [1.807, 2.05) is 135 Å². The highest BCUT2D eigenvalue weighted by Gasteiger charge is 2.49. The van der Waals surface area contributed by atoms with Crippen LogP contribution in [0.15, 0.2) is 121 Å². The van der Waals surface area contributed by atoms with E-state index in [-0.39, 0.29) is 26.2 Å². The topological polar surface area (TPSA) is 94.6 Å². The van der Waals surface area contributed by atoms with Crippen LogP contribution in [0.1, 0.15) is 61.1 Å². The molecule has 0 aromatic heterocycles. The van der Waals surface area contributed by atoms with Crippen molar-refractivity contribution in [3.63, 3.8) is 0 Å². The molecule has 0 spiro atoms. The first-order valence-electron chi connectivity index (χ1n) is 16.3. The fraction of sp³-hybridized carbons (Fsp3) is 0.308. The van der Waals surface area contributed by atoms with Crippen molar-refractivity contribution in [3.05, 3.63) is 144 Å². The molecule has 2 aliphatic heterocycles. The number of amides is 2. The molecule has 4 aromatic carbocycles. The van der Waals surface area contributed by atoms with Crippen molar-refractivity contribution in [1.82, 2.24) is 9.80 Å². The van der Waals surface area contributed by atoms with Crippen molar-refractivity contribution >= 4 is 18.2 Å². The molecule has 0 radical (unpaired) electrons. The van der Waals surface area contributed by atoms with Crippen LogP contribution in [0.3, 0.4) is 0 Å². The van der Waals surface area contributed by atoms with E-state index in [0.29, 0.717) is 6.42 Å². The number of morpholine rings is 1. The normalized spacial score (nSPS) is 21.8. The molecule has 2 aliphatic rings. The highest BCUT2D eigenvalue weighted by atomic mass is 16.6. The van der Waals surface area contributed by atoms with E-state index in [1.165, 1.54) is 4.90 Å². The second-order valence-electron chi connectivity index (χ2n) is 12.5. The quantitative estimate of drug-likeness (QED) is 0.136. The molecular formula is C39H40N2O7. The number of hydrogen-bond donors (Lipinski definition) is 0. The van der Waals surface area contributed by atoms with Gasteiger partial charge in [-0.15, -0.1) is 0 Å². The Hall–Kier alpha value is -5.15. The molecular weight excluding hydrogens is 608 g/mol. The van der Waals surface area contributed by atoms with Crippen LogP contribution in [0.25, 0.3) is 0 Å². The third-order valence-electron chi connectivity index (χ3n) is 8.80. The van der Waals surface area contributed by atoms with Gasteiger partial charge in [-0.25, -0.2) is 14.4 Å². The molecule has 9 heteroatoms. The number of hydrogen-bond acceptors (Lipinski definition) is 7. The molecule has 2 fully saturated rings. The molecule has 248 valence electrons. The summed E-state index contributed by atoms with van der Waals surface area (Å²) in [6.45, 7) is 4.10. The maximum Gasteiger partial charge on any atom is 0.412 e. The van der Waals surface area contributed by atoms with Gasteiger partial charge < -0.3 is 18.9 Å². The van der Waals surface area contributed by atoms with Crippen LogP contribution in [-0.2, 0) is 37.0 Å². The van der Waals surface area contributed by atoms with E-state index >= 15 is 0 Å². The van der Waals surface area contributed by atoms with Crippen LogP contribution in [0.4, 0.5) is 9.59 Å². The summed E-state index contributed by atoms with van der Waals surface area (Å²) in [6.07, 6.45) is -1.64. The zero-order chi connectivity index (χ0) is 33.5. The predicted octanol–water partition coefficient (Wildman–Crippen LogP) is 7.59. The van der Waals surface area contributed by atoms with Crippen LogP contribution < -0.4 is 0 Å². The van der Waals surface area contributed by atoms with Crippen LogP contribution in [-0.4, -0.2) is 52.4 Å². The third kappa shape index (κ3) is 7.52. The van der Waals surface area contributed by atoms with Crippen molar-refractivity contribution in [3.8, 4) is 0 Å². The summed E-state index contributed by atoms with van der Waals surface area (Å²) in [5, 5.41) is 0. The van der Waals surface area contributed by atoms with Crippen LogP contribution >= 0.6 is 0 Å². The van der Waals surface area contributed by atoms with E-state index in [2.05, 4.69) is 0 Å². The Morgan fingerprint density at radius 1 is 0.708 bits per heavy atom. The van der Waals surface area contributed by atoms with E-state index in [4.69, 9.17) is 18.9 Å². The number of cyclic esters (lactones) is 1. The minimum absolute atomic E-state index is 0.0510. The van der Waals surface area contributed by atoms with Gasteiger partial charge in [-0.2, -0.15) is 0 Å². The zero-order valence-corrected chi connectivity index (χ0v) is 27.1. The van der Waals surface area contributed by atoms with Crippen molar-refractivity contribution in [2.45, 2.75) is 69.9 Å². The molecule has 2 saturated heterocycles. The Kier molecular flexibility index (Phi) is 10.1. The molecule has 0 N–H and O–H groups in total. The number of carbonyl (C=O) groups is 3. The van der Waals surface area contributed by atoms with Gasteiger partial charge in [-0.1, -0.05) is 121 Å². The zero-order valence-electron chi connectivity index (χ0n) is 27.1. The lowest BCUT2D eigenvalue weighted by Crippen LogP contribution is -2.54. The second-order valence-corrected chi connectivity index (χ2v) is 12.5. The lowest BCUT2D eigenvalue weighted by atomic mass is 9.90. The SMILES string of the molecule is CC1(C)O[C@H](CC[C@H]2C(=O)O[C@H](c3ccccc3)[C@H](c3ccccc3)N2C(=O)OCc2ccccc2)CN1C(=O)OCc1ccccc1. The van der Waals surface area contributed by atoms with Crippen LogP contribution in [0, 0.1) is 0 Å². The second kappa shape index (κ2) is 14.7. The van der Waals surface area contributed by atoms with Gasteiger partial charge >= 0.3 is 18.2 Å². The maximum absolute atomic E-state index is 14.1. The van der Waals surface area contributed by atoms with Gasteiger partial charge in [0.1, 0.15) is 31.0 Å². The Balaban J connectivity index is 1.23. The fourth-order valence-corrected chi connectivity index (χ4v) is 6.41. The standard InChI is InChI=1S/C39H40N2O7/c1-39(2)40(37(43)45-26-28-15-7-3-8-16-28)25-32(48-39)23-24-33-36(42)47-35(31-21-13-6-14-22-31)34(30-19-11-5-12-20-30)41(33)38(44)46-27-29-17-9-4-10-18-29/h3-22,32-35H,23-27H2,1-2H3/t32-,33+,34+,35-/m1/s1. The summed E-state index contributed by atoms with van der Waals surface area (Å²) in [7, 11) is 0. The first-order chi connectivity index (χ1) is 23.3. The van der Waals surface area contributed by atoms with Gasteiger partial charge in [0.05, 0.1) is 12.6 Å². The molecule has 4 aromatic rings. The van der Waals surface area contributed by atoms with E-state index in [0.717, 1.165) is 22.3 Å². The summed E-state index contributed by atoms with van der Waals surface area (Å²) in [4.78, 5) is 44.2. The van der Waals surface area contributed by atoms with Crippen molar-refractivity contribution in [2.24, 2.45) is 0 Å². The minimum atomic E-state index is -0.954. The highest BCUT2D eigenvalue weighted by Crippen LogP contribution is 2.44. The molecule has 9 nitrogen and oxygen atoms in total. The largest absolute Gasteiger partial charge is 0.453 e. The lowest BCUT2D eigenvalue weighted by molar-refractivity contribution is -0.174. The Morgan fingerprint density at radius 3 is 1.77 bits per heavy atom. The molecule has 4 atom stereocenters. The number of carbonyl (C=O) groups excluding carboxylic acids is 3. The van der Waals surface area contributed by atoms with E-state index in [1.54, 1.807) is 4.90 Å². The Bertz CT molecular complexity index is 1670. The predicted molar refractivity (Wildman–Crippen MR) is 178 cm³/mol. The van der Waals surface area contributed by atoms with Crippen LogP contribution in [0.5, 0.6) is 0 Å². The van der Waals surface area contributed by atoms with Gasteiger partial charge in [0, 0.05) is 0 Å². The number of rotatable bonds is 9. The average molecular weight is 649 g/mol.